The van der Waals surface area contributed by atoms with Crippen LogP contribution < -0.4 is 10.8 Å². The molecule has 0 aliphatic carbocycles. The highest BCUT2D eigenvalue weighted by molar-refractivity contribution is 5.94. The van der Waals surface area contributed by atoms with E-state index in [1.165, 1.54) is 11.7 Å². The van der Waals surface area contributed by atoms with E-state index in [4.69, 9.17) is 5.21 Å². The Kier molecular flexibility index (Phi) is 4.41. The first kappa shape index (κ1) is 12.1. The summed E-state index contributed by atoms with van der Waals surface area (Å²) in [6.45, 7) is 1.67. The molecule has 16 heavy (non-hydrogen) atoms. The van der Waals surface area contributed by atoms with Crippen molar-refractivity contribution in [2.75, 3.05) is 0 Å². The summed E-state index contributed by atoms with van der Waals surface area (Å²) < 4.78 is 0. The van der Waals surface area contributed by atoms with E-state index in [9.17, 15) is 9.59 Å². The molecule has 0 spiro atoms. The van der Waals surface area contributed by atoms with Gasteiger partial charge in [-0.1, -0.05) is 0 Å². The van der Waals surface area contributed by atoms with Crippen molar-refractivity contribution in [3.8, 4) is 0 Å². The van der Waals surface area contributed by atoms with E-state index in [2.05, 4.69) is 10.3 Å². The van der Waals surface area contributed by atoms with E-state index in [0.717, 1.165) is 0 Å². The minimum absolute atomic E-state index is 0.0164. The van der Waals surface area contributed by atoms with E-state index < -0.39 is 5.91 Å². The molecule has 6 heteroatoms. The Morgan fingerprint density at radius 2 is 2.31 bits per heavy atom. The van der Waals surface area contributed by atoms with Crippen LogP contribution in [0.4, 0.5) is 0 Å². The summed E-state index contributed by atoms with van der Waals surface area (Å²) in [6, 6.07) is 2.92. The first-order valence-corrected chi connectivity index (χ1v) is 4.77. The lowest BCUT2D eigenvalue weighted by Crippen LogP contribution is -2.36. The van der Waals surface area contributed by atoms with Crippen LogP contribution in [0.2, 0.25) is 0 Å². The minimum atomic E-state index is -0.543. The number of hydroxylamine groups is 1. The maximum atomic E-state index is 11.6. The molecular weight excluding hydrogens is 210 g/mol. The van der Waals surface area contributed by atoms with Crippen LogP contribution in [0.25, 0.3) is 0 Å². The molecule has 1 unspecified atom stereocenters. The summed E-state index contributed by atoms with van der Waals surface area (Å²) in [5, 5.41) is 10.9. The van der Waals surface area contributed by atoms with E-state index >= 15 is 0 Å². The largest absolute Gasteiger partial charge is 0.349 e. The second-order valence-corrected chi connectivity index (χ2v) is 3.36. The van der Waals surface area contributed by atoms with Gasteiger partial charge in [0.15, 0.2) is 0 Å². The van der Waals surface area contributed by atoms with Crippen LogP contribution in [-0.2, 0) is 4.79 Å². The van der Waals surface area contributed by atoms with Gasteiger partial charge in [0.25, 0.3) is 5.91 Å². The molecule has 1 aromatic heterocycles. The number of amides is 2. The molecule has 1 aromatic rings. The third-order valence-electron chi connectivity index (χ3n) is 1.92. The van der Waals surface area contributed by atoms with E-state index in [-0.39, 0.29) is 18.4 Å². The predicted octanol–water partition coefficient (Wildman–Crippen LogP) is 0.0954. The molecular formula is C10H13N3O3. The number of nitrogens with one attached hydrogen (secondary N) is 2. The van der Waals surface area contributed by atoms with Gasteiger partial charge in [-0.2, -0.15) is 0 Å². The first-order valence-electron chi connectivity index (χ1n) is 4.77. The van der Waals surface area contributed by atoms with Gasteiger partial charge in [0.05, 0.1) is 5.56 Å². The zero-order chi connectivity index (χ0) is 12.0. The summed E-state index contributed by atoms with van der Waals surface area (Å²) >= 11 is 0. The van der Waals surface area contributed by atoms with Crippen molar-refractivity contribution in [3.63, 3.8) is 0 Å². The molecule has 0 aliphatic rings. The summed E-state index contributed by atoms with van der Waals surface area (Å²) in [6.07, 6.45) is 3.02. The number of hydrogen-bond donors (Lipinski definition) is 3. The maximum absolute atomic E-state index is 11.6. The number of carbonyl (C=O) groups excluding carboxylic acids is 2. The fourth-order valence-corrected chi connectivity index (χ4v) is 1.18. The molecule has 3 N–H and O–H groups in total. The maximum Gasteiger partial charge on any atom is 0.253 e. The van der Waals surface area contributed by atoms with Crippen molar-refractivity contribution in [1.29, 1.82) is 0 Å². The lowest BCUT2D eigenvalue weighted by atomic mass is 10.2. The molecule has 0 aromatic carbocycles. The molecule has 0 saturated carbocycles. The highest BCUT2D eigenvalue weighted by Gasteiger charge is 2.12. The molecule has 1 rings (SSSR count). The molecule has 6 nitrogen and oxygen atoms in total. The van der Waals surface area contributed by atoms with E-state index in [0.29, 0.717) is 5.56 Å². The number of rotatable bonds is 4. The molecule has 1 heterocycles. The quantitative estimate of drug-likeness (QED) is 0.498. The molecule has 2 amide bonds. The summed E-state index contributed by atoms with van der Waals surface area (Å²) in [5.74, 6) is -0.842. The minimum Gasteiger partial charge on any atom is -0.349 e. The highest BCUT2D eigenvalue weighted by Crippen LogP contribution is 1.98. The third kappa shape index (κ3) is 3.66. The van der Waals surface area contributed by atoms with Gasteiger partial charge in [-0.05, 0) is 19.1 Å². The Morgan fingerprint density at radius 3 is 2.88 bits per heavy atom. The van der Waals surface area contributed by atoms with Crippen molar-refractivity contribution in [2.24, 2.45) is 0 Å². The zero-order valence-corrected chi connectivity index (χ0v) is 8.80. The third-order valence-corrected chi connectivity index (χ3v) is 1.92. The zero-order valence-electron chi connectivity index (χ0n) is 8.80. The second kappa shape index (κ2) is 5.82. The monoisotopic (exact) mass is 223 g/mol. The fourth-order valence-electron chi connectivity index (χ4n) is 1.18. The summed E-state index contributed by atoms with van der Waals surface area (Å²) in [5.41, 5.74) is 1.94. The summed E-state index contributed by atoms with van der Waals surface area (Å²) in [4.78, 5) is 26.2. The van der Waals surface area contributed by atoms with E-state index in [1.807, 2.05) is 0 Å². The van der Waals surface area contributed by atoms with Crippen molar-refractivity contribution >= 4 is 11.8 Å². The fraction of sp³-hybridized carbons (Fsp3) is 0.300. The van der Waals surface area contributed by atoms with Crippen molar-refractivity contribution in [3.05, 3.63) is 30.1 Å². The molecule has 0 radical (unpaired) electrons. The van der Waals surface area contributed by atoms with Crippen LogP contribution in [0.3, 0.4) is 0 Å². The predicted molar refractivity (Wildman–Crippen MR) is 55.7 cm³/mol. The highest BCUT2D eigenvalue weighted by atomic mass is 16.5. The first-order chi connectivity index (χ1) is 7.63. The van der Waals surface area contributed by atoms with Crippen LogP contribution in [0.1, 0.15) is 23.7 Å². The van der Waals surface area contributed by atoms with Crippen LogP contribution in [0, 0.1) is 0 Å². The Hall–Kier alpha value is -1.95. The van der Waals surface area contributed by atoms with Crippen molar-refractivity contribution < 1.29 is 14.8 Å². The number of hydrogen-bond acceptors (Lipinski definition) is 4. The van der Waals surface area contributed by atoms with Crippen molar-refractivity contribution in [1.82, 2.24) is 15.8 Å². The standard InChI is InChI=1S/C10H13N3O3/c1-7(5-9(14)13-16)12-10(15)8-3-2-4-11-6-8/h2-4,6-7,16H,5H2,1H3,(H,12,15)(H,13,14). The smallest absolute Gasteiger partial charge is 0.253 e. The lowest BCUT2D eigenvalue weighted by Gasteiger charge is -2.12. The van der Waals surface area contributed by atoms with Crippen LogP contribution >= 0.6 is 0 Å². The SMILES string of the molecule is CC(CC(=O)NO)NC(=O)c1cccnc1. The van der Waals surface area contributed by atoms with Gasteiger partial charge < -0.3 is 5.32 Å². The second-order valence-electron chi connectivity index (χ2n) is 3.36. The van der Waals surface area contributed by atoms with Crippen LogP contribution in [-0.4, -0.2) is 28.0 Å². The van der Waals surface area contributed by atoms with Crippen LogP contribution in [0.15, 0.2) is 24.5 Å². The molecule has 0 bridgehead atoms. The molecule has 0 saturated heterocycles. The van der Waals surface area contributed by atoms with Gasteiger partial charge in [-0.15, -0.1) is 0 Å². The molecule has 86 valence electrons. The molecule has 0 aliphatic heterocycles. The Morgan fingerprint density at radius 1 is 1.56 bits per heavy atom. The van der Waals surface area contributed by atoms with Crippen molar-refractivity contribution in [2.45, 2.75) is 19.4 Å². The molecule has 0 fully saturated rings. The molecule has 1 atom stereocenters. The summed E-state index contributed by atoms with van der Waals surface area (Å²) in [7, 11) is 0. The number of carbonyl (C=O) groups is 2. The van der Waals surface area contributed by atoms with Gasteiger partial charge in [-0.25, -0.2) is 5.48 Å². The topological polar surface area (TPSA) is 91.3 Å². The van der Waals surface area contributed by atoms with Gasteiger partial charge >= 0.3 is 0 Å². The van der Waals surface area contributed by atoms with Gasteiger partial charge in [-0.3, -0.25) is 19.8 Å². The Balaban J connectivity index is 2.49. The van der Waals surface area contributed by atoms with E-state index in [1.54, 1.807) is 25.3 Å². The van der Waals surface area contributed by atoms with Gasteiger partial charge in [0.1, 0.15) is 0 Å². The average molecular weight is 223 g/mol. The number of pyridine rings is 1. The Bertz CT molecular complexity index is 367. The van der Waals surface area contributed by atoms with Crippen LogP contribution in [0.5, 0.6) is 0 Å². The normalized spacial score (nSPS) is 11.6. The number of nitrogens with zero attached hydrogens (tertiary/aromatic N) is 1. The average Bonchev–Trinajstić information content (AvgIpc) is 2.29. The number of aromatic nitrogens is 1. The van der Waals surface area contributed by atoms with Gasteiger partial charge in [0.2, 0.25) is 5.91 Å². The lowest BCUT2D eigenvalue weighted by molar-refractivity contribution is -0.129. The van der Waals surface area contributed by atoms with Gasteiger partial charge in [0, 0.05) is 24.9 Å². The Labute approximate surface area is 92.6 Å².